The van der Waals surface area contributed by atoms with Gasteiger partial charge >= 0.3 is 0 Å². The normalized spacial score (nSPS) is 12.1. The third-order valence-corrected chi connectivity index (χ3v) is 11.5. The highest BCUT2D eigenvalue weighted by Crippen LogP contribution is 2.45. The number of nitrogens with zero attached hydrogens (tertiary/aromatic N) is 2. The second-order valence-corrected chi connectivity index (χ2v) is 13.9. The first-order valence-electron chi connectivity index (χ1n) is 16.8. The molecule has 0 aliphatic rings. The first-order chi connectivity index (χ1) is 24.3. The van der Waals surface area contributed by atoms with E-state index >= 15 is 0 Å². The third kappa shape index (κ3) is 3.71. The fourth-order valence-electron chi connectivity index (χ4n) is 8.29. The Hall–Kier alpha value is -6.16. The number of fused-ring (bicyclic) bond motifs is 11. The molecule has 11 rings (SSSR count). The average Bonchev–Trinajstić information content (AvgIpc) is 3.83. The molecule has 228 valence electrons. The molecule has 0 aliphatic heterocycles. The van der Waals surface area contributed by atoms with Crippen LogP contribution in [0.4, 0.5) is 0 Å². The summed E-state index contributed by atoms with van der Waals surface area (Å²) in [4.78, 5) is 0. The summed E-state index contributed by atoms with van der Waals surface area (Å²) in [7, 11) is 0. The van der Waals surface area contributed by atoms with Gasteiger partial charge < -0.3 is 9.13 Å². The van der Waals surface area contributed by atoms with Crippen molar-refractivity contribution in [2.24, 2.45) is 0 Å². The van der Waals surface area contributed by atoms with Crippen molar-refractivity contribution in [3.8, 4) is 22.5 Å². The van der Waals surface area contributed by atoms with Crippen molar-refractivity contribution in [1.82, 2.24) is 9.13 Å². The number of para-hydroxylation sites is 3. The van der Waals surface area contributed by atoms with Crippen LogP contribution in [0.15, 0.2) is 170 Å². The van der Waals surface area contributed by atoms with E-state index in [-0.39, 0.29) is 0 Å². The van der Waals surface area contributed by atoms with E-state index in [0.717, 1.165) is 0 Å². The maximum atomic E-state index is 2.49. The molecule has 0 unspecified atom stereocenters. The Kier molecular flexibility index (Phi) is 5.57. The van der Waals surface area contributed by atoms with Crippen LogP contribution in [0, 0.1) is 0 Å². The molecule has 0 bridgehead atoms. The van der Waals surface area contributed by atoms with Crippen molar-refractivity contribution < 1.29 is 0 Å². The molecule has 0 saturated heterocycles. The standard InChI is InChI=1S/C46H28N2S/c1-2-13-29(14-3-1)47-39-22-9-6-17-33(39)35-26-28-42-44(45(35)47)38-19-7-10-23-40(38)48(42)41-27-25-31(30-15-4-5-16-32(30)41)36-20-12-21-37-34-18-8-11-24-43(34)49-46(36)37/h1-28H. The first kappa shape index (κ1) is 26.9. The van der Waals surface area contributed by atoms with Crippen molar-refractivity contribution in [3.05, 3.63) is 170 Å². The molecule has 0 N–H and O–H groups in total. The van der Waals surface area contributed by atoms with Crippen LogP contribution in [0.25, 0.3) is 97.1 Å². The fraction of sp³-hybridized carbons (Fsp3) is 0. The van der Waals surface area contributed by atoms with Gasteiger partial charge in [-0.15, -0.1) is 11.3 Å². The molecule has 3 heterocycles. The maximum absolute atomic E-state index is 2.49. The van der Waals surface area contributed by atoms with E-state index in [0.29, 0.717) is 0 Å². The largest absolute Gasteiger partial charge is 0.309 e. The van der Waals surface area contributed by atoms with Gasteiger partial charge in [-0.25, -0.2) is 0 Å². The molecular formula is C46H28N2S. The van der Waals surface area contributed by atoms with Gasteiger partial charge in [-0.3, -0.25) is 0 Å². The topological polar surface area (TPSA) is 9.86 Å². The van der Waals surface area contributed by atoms with Crippen LogP contribution < -0.4 is 0 Å². The molecular weight excluding hydrogens is 613 g/mol. The zero-order valence-electron chi connectivity index (χ0n) is 26.5. The minimum absolute atomic E-state index is 1.17. The Labute approximate surface area is 286 Å². The van der Waals surface area contributed by atoms with Gasteiger partial charge in [0.15, 0.2) is 0 Å². The van der Waals surface area contributed by atoms with Gasteiger partial charge in [-0.2, -0.15) is 0 Å². The van der Waals surface area contributed by atoms with Gasteiger partial charge in [-0.05, 0) is 53.4 Å². The second kappa shape index (κ2) is 10.2. The van der Waals surface area contributed by atoms with E-state index in [1.54, 1.807) is 0 Å². The number of thiophene rings is 1. The highest BCUT2D eigenvalue weighted by molar-refractivity contribution is 7.26. The lowest BCUT2D eigenvalue weighted by Gasteiger charge is -2.15. The monoisotopic (exact) mass is 640 g/mol. The summed E-state index contributed by atoms with van der Waals surface area (Å²) in [5, 5.41) is 10.2. The lowest BCUT2D eigenvalue weighted by atomic mass is 9.96. The van der Waals surface area contributed by atoms with Crippen LogP contribution in [0.2, 0.25) is 0 Å². The lowest BCUT2D eigenvalue weighted by Crippen LogP contribution is -1.97. The highest BCUT2D eigenvalue weighted by Gasteiger charge is 2.22. The van der Waals surface area contributed by atoms with Crippen LogP contribution >= 0.6 is 11.3 Å². The molecule has 0 aliphatic carbocycles. The number of benzene rings is 8. The predicted octanol–water partition coefficient (Wildman–Crippen LogP) is 13.1. The average molecular weight is 641 g/mol. The van der Waals surface area contributed by atoms with Gasteiger partial charge in [0.2, 0.25) is 0 Å². The van der Waals surface area contributed by atoms with E-state index in [2.05, 4.69) is 179 Å². The molecule has 0 amide bonds. The van der Waals surface area contributed by atoms with Crippen LogP contribution in [0.5, 0.6) is 0 Å². The predicted molar refractivity (Wildman–Crippen MR) is 211 cm³/mol. The first-order valence-corrected chi connectivity index (χ1v) is 17.6. The molecule has 0 spiro atoms. The van der Waals surface area contributed by atoms with Crippen molar-refractivity contribution >= 4 is 85.9 Å². The number of hydrogen-bond acceptors (Lipinski definition) is 1. The summed E-state index contributed by atoms with van der Waals surface area (Å²) in [6.07, 6.45) is 0. The van der Waals surface area contributed by atoms with Gasteiger partial charge in [0.1, 0.15) is 0 Å². The Morgan fingerprint density at radius 2 is 1.00 bits per heavy atom. The SMILES string of the molecule is c1ccc(-n2c3ccccc3c3ccc4c(c5ccccc5n4-c4ccc(-c5cccc6c5sc5ccccc56)c5ccccc45)c32)cc1. The number of aromatic nitrogens is 2. The van der Waals surface area contributed by atoms with E-state index in [9.17, 15) is 0 Å². The third-order valence-electron chi connectivity index (χ3n) is 10.3. The quantitative estimate of drug-likeness (QED) is 0.182. The summed E-state index contributed by atoms with van der Waals surface area (Å²) in [5.74, 6) is 0. The summed E-state index contributed by atoms with van der Waals surface area (Å²) in [6, 6.07) is 62.3. The molecule has 0 saturated carbocycles. The minimum atomic E-state index is 1.17. The molecule has 2 nitrogen and oxygen atoms in total. The summed E-state index contributed by atoms with van der Waals surface area (Å²) >= 11 is 1.89. The number of rotatable bonds is 3. The molecule has 0 radical (unpaired) electrons. The van der Waals surface area contributed by atoms with Gasteiger partial charge in [-0.1, -0.05) is 127 Å². The van der Waals surface area contributed by atoms with Gasteiger partial charge in [0.05, 0.1) is 27.8 Å². The molecule has 8 aromatic carbocycles. The zero-order valence-corrected chi connectivity index (χ0v) is 27.3. The van der Waals surface area contributed by atoms with Crippen molar-refractivity contribution in [3.63, 3.8) is 0 Å². The van der Waals surface area contributed by atoms with Crippen molar-refractivity contribution in [1.29, 1.82) is 0 Å². The van der Waals surface area contributed by atoms with Crippen LogP contribution in [-0.2, 0) is 0 Å². The Bertz CT molecular complexity index is 3100. The fourth-order valence-corrected chi connectivity index (χ4v) is 9.52. The number of hydrogen-bond donors (Lipinski definition) is 0. The van der Waals surface area contributed by atoms with Crippen LogP contribution in [0.3, 0.4) is 0 Å². The van der Waals surface area contributed by atoms with Crippen LogP contribution in [-0.4, -0.2) is 9.13 Å². The molecule has 0 atom stereocenters. The van der Waals surface area contributed by atoms with Crippen molar-refractivity contribution in [2.75, 3.05) is 0 Å². The van der Waals surface area contributed by atoms with E-state index in [1.165, 1.54) is 97.1 Å². The Morgan fingerprint density at radius 3 is 1.84 bits per heavy atom. The smallest absolute Gasteiger partial charge is 0.0641 e. The summed E-state index contributed by atoms with van der Waals surface area (Å²) in [6.45, 7) is 0. The van der Waals surface area contributed by atoms with Crippen LogP contribution in [0.1, 0.15) is 0 Å². The van der Waals surface area contributed by atoms with Gasteiger partial charge in [0, 0.05) is 58.4 Å². The lowest BCUT2D eigenvalue weighted by molar-refractivity contribution is 1.18. The van der Waals surface area contributed by atoms with Gasteiger partial charge in [0.25, 0.3) is 0 Å². The molecule has 0 fully saturated rings. The molecule has 3 aromatic heterocycles. The maximum Gasteiger partial charge on any atom is 0.0641 e. The molecule has 3 heteroatoms. The van der Waals surface area contributed by atoms with E-state index < -0.39 is 0 Å². The Morgan fingerprint density at radius 1 is 0.347 bits per heavy atom. The molecule has 11 aromatic rings. The Balaban J connectivity index is 1.25. The molecule has 49 heavy (non-hydrogen) atoms. The second-order valence-electron chi connectivity index (χ2n) is 12.9. The summed E-state index contributed by atoms with van der Waals surface area (Å²) < 4.78 is 7.62. The van der Waals surface area contributed by atoms with Crippen molar-refractivity contribution in [2.45, 2.75) is 0 Å². The minimum Gasteiger partial charge on any atom is -0.309 e. The summed E-state index contributed by atoms with van der Waals surface area (Å²) in [5.41, 5.74) is 9.80. The van der Waals surface area contributed by atoms with E-state index in [4.69, 9.17) is 0 Å². The zero-order chi connectivity index (χ0) is 32.1. The highest BCUT2D eigenvalue weighted by atomic mass is 32.1. The van der Waals surface area contributed by atoms with E-state index in [1.807, 2.05) is 11.3 Å².